The fourth-order valence-corrected chi connectivity index (χ4v) is 2.74. The van der Waals surface area contributed by atoms with Crippen LogP contribution in [0.15, 0.2) is 47.5 Å². The van der Waals surface area contributed by atoms with E-state index >= 15 is 0 Å². The Kier molecular flexibility index (Phi) is 4.37. The van der Waals surface area contributed by atoms with E-state index in [1.54, 1.807) is 12.3 Å². The summed E-state index contributed by atoms with van der Waals surface area (Å²) in [6.45, 7) is 1.82. The van der Waals surface area contributed by atoms with Crippen molar-refractivity contribution in [1.29, 1.82) is 0 Å². The third-order valence-electron chi connectivity index (χ3n) is 2.97. The molecule has 1 heterocycles. The van der Waals surface area contributed by atoms with Crippen LogP contribution in [0.3, 0.4) is 0 Å². The van der Waals surface area contributed by atoms with Crippen molar-refractivity contribution in [3.8, 4) is 0 Å². The minimum Gasteiger partial charge on any atom is -0.378 e. The number of hydrogen-bond donors (Lipinski definition) is 1. The molecular formula is C15H16N2O3S. The molecule has 0 radical (unpaired) electrons. The molecule has 0 aliphatic carbocycles. The average molecular weight is 304 g/mol. The second-order valence-corrected chi connectivity index (χ2v) is 6.70. The summed E-state index contributed by atoms with van der Waals surface area (Å²) >= 11 is 0. The third kappa shape index (κ3) is 3.88. The molecule has 2 rings (SSSR count). The van der Waals surface area contributed by atoms with Gasteiger partial charge in [0.25, 0.3) is 0 Å². The summed E-state index contributed by atoms with van der Waals surface area (Å²) in [6.07, 6.45) is 2.81. The summed E-state index contributed by atoms with van der Waals surface area (Å²) in [5.41, 5.74) is 1.66. The molecule has 0 fully saturated rings. The number of rotatable bonds is 5. The van der Waals surface area contributed by atoms with Crippen molar-refractivity contribution in [2.75, 3.05) is 11.6 Å². The van der Waals surface area contributed by atoms with Crippen LogP contribution in [0.4, 0.5) is 5.69 Å². The second-order valence-electron chi connectivity index (χ2n) is 4.71. The van der Waals surface area contributed by atoms with Crippen LogP contribution in [0.2, 0.25) is 0 Å². The Labute approximate surface area is 124 Å². The summed E-state index contributed by atoms with van der Waals surface area (Å²) in [5.74, 6) is -0.115. The molecule has 0 aliphatic heterocycles. The molecule has 5 nitrogen and oxygen atoms in total. The number of ketones is 1. The summed E-state index contributed by atoms with van der Waals surface area (Å²) in [4.78, 5) is 15.8. The molecule has 0 unspecified atom stereocenters. The highest BCUT2D eigenvalue weighted by Gasteiger charge is 2.15. The van der Waals surface area contributed by atoms with Crippen LogP contribution >= 0.6 is 0 Å². The Bertz CT molecular complexity index is 756. The Morgan fingerprint density at radius 2 is 2.00 bits per heavy atom. The van der Waals surface area contributed by atoms with Gasteiger partial charge < -0.3 is 5.32 Å². The third-order valence-corrected chi connectivity index (χ3v) is 4.13. The zero-order chi connectivity index (χ0) is 15.5. The maximum atomic E-state index is 11.8. The first-order valence-corrected chi connectivity index (χ1v) is 8.26. The van der Waals surface area contributed by atoms with Crippen molar-refractivity contribution in [2.45, 2.75) is 18.4 Å². The van der Waals surface area contributed by atoms with Gasteiger partial charge in [-0.3, -0.25) is 9.78 Å². The Hall–Kier alpha value is -2.21. The topological polar surface area (TPSA) is 76.1 Å². The fourth-order valence-electron chi connectivity index (χ4n) is 1.90. The molecule has 0 atom stereocenters. The maximum absolute atomic E-state index is 11.8. The molecule has 21 heavy (non-hydrogen) atoms. The van der Waals surface area contributed by atoms with Crippen molar-refractivity contribution < 1.29 is 13.2 Å². The van der Waals surface area contributed by atoms with E-state index in [9.17, 15) is 13.2 Å². The molecule has 0 saturated carbocycles. The van der Waals surface area contributed by atoms with Crippen molar-refractivity contribution in [1.82, 2.24) is 4.98 Å². The van der Waals surface area contributed by atoms with Gasteiger partial charge in [0.1, 0.15) is 0 Å². The quantitative estimate of drug-likeness (QED) is 0.858. The van der Waals surface area contributed by atoms with Crippen LogP contribution in [0.25, 0.3) is 0 Å². The van der Waals surface area contributed by atoms with Crippen LogP contribution < -0.4 is 5.32 Å². The highest BCUT2D eigenvalue weighted by molar-refractivity contribution is 7.90. The second kappa shape index (κ2) is 6.05. The van der Waals surface area contributed by atoms with Gasteiger partial charge in [-0.15, -0.1) is 0 Å². The van der Waals surface area contributed by atoms with E-state index in [2.05, 4.69) is 10.3 Å². The van der Waals surface area contributed by atoms with Crippen LogP contribution in [0.5, 0.6) is 0 Å². The molecule has 110 valence electrons. The lowest BCUT2D eigenvalue weighted by atomic mass is 10.1. The van der Waals surface area contributed by atoms with E-state index in [0.29, 0.717) is 17.8 Å². The van der Waals surface area contributed by atoms with Gasteiger partial charge in [-0.05, 0) is 37.3 Å². The van der Waals surface area contributed by atoms with Crippen molar-refractivity contribution in [2.24, 2.45) is 0 Å². The lowest BCUT2D eigenvalue weighted by molar-refractivity contribution is 0.101. The smallest absolute Gasteiger partial charge is 0.177 e. The number of pyridine rings is 1. The number of nitrogens with one attached hydrogen (secondary N) is 1. The molecule has 0 aliphatic rings. The van der Waals surface area contributed by atoms with Gasteiger partial charge in [0.15, 0.2) is 15.6 Å². The zero-order valence-corrected chi connectivity index (χ0v) is 12.6. The fraction of sp³-hybridized carbons (Fsp3) is 0.200. The van der Waals surface area contributed by atoms with Gasteiger partial charge in [0, 0.05) is 18.0 Å². The van der Waals surface area contributed by atoms with Gasteiger partial charge in [-0.25, -0.2) is 8.42 Å². The predicted octanol–water partition coefficient (Wildman–Crippen LogP) is 2.30. The number of nitrogens with zero attached hydrogens (tertiary/aromatic N) is 1. The number of sulfone groups is 1. The molecule has 0 bridgehead atoms. The maximum Gasteiger partial charge on any atom is 0.177 e. The van der Waals surface area contributed by atoms with E-state index in [0.717, 1.165) is 11.9 Å². The van der Waals surface area contributed by atoms with Gasteiger partial charge in [0.05, 0.1) is 22.8 Å². The van der Waals surface area contributed by atoms with Crippen LogP contribution in [0, 0.1) is 0 Å². The zero-order valence-electron chi connectivity index (χ0n) is 11.8. The molecule has 0 spiro atoms. The minimum atomic E-state index is -3.37. The normalized spacial score (nSPS) is 11.1. The Balaban J connectivity index is 2.35. The van der Waals surface area contributed by atoms with Crippen LogP contribution in [-0.2, 0) is 16.4 Å². The van der Waals surface area contributed by atoms with E-state index in [4.69, 9.17) is 0 Å². The number of benzene rings is 1. The van der Waals surface area contributed by atoms with Crippen molar-refractivity contribution in [3.05, 3.63) is 53.9 Å². The SMILES string of the molecule is CC(=O)c1ccc(S(C)(=O)=O)c(NCc2ccccn2)c1. The Morgan fingerprint density at radius 1 is 1.24 bits per heavy atom. The van der Waals surface area contributed by atoms with E-state index in [-0.39, 0.29) is 10.7 Å². The minimum absolute atomic E-state index is 0.115. The van der Waals surface area contributed by atoms with Gasteiger partial charge >= 0.3 is 0 Å². The molecule has 1 N–H and O–H groups in total. The van der Waals surface area contributed by atoms with Crippen molar-refractivity contribution >= 4 is 21.3 Å². The van der Waals surface area contributed by atoms with Crippen LogP contribution in [0.1, 0.15) is 23.0 Å². The first-order valence-electron chi connectivity index (χ1n) is 6.37. The van der Waals surface area contributed by atoms with Crippen LogP contribution in [-0.4, -0.2) is 25.4 Å². The number of hydrogen-bond acceptors (Lipinski definition) is 5. The number of carbonyl (C=O) groups excluding carboxylic acids is 1. The molecule has 1 aromatic heterocycles. The summed E-state index contributed by atoms with van der Waals surface area (Å²) in [5, 5.41) is 3.04. The van der Waals surface area contributed by atoms with E-state index in [1.807, 2.05) is 18.2 Å². The van der Waals surface area contributed by atoms with E-state index in [1.165, 1.54) is 19.1 Å². The number of carbonyl (C=O) groups is 1. The average Bonchev–Trinajstić information content (AvgIpc) is 2.45. The summed E-state index contributed by atoms with van der Waals surface area (Å²) in [7, 11) is -3.37. The Morgan fingerprint density at radius 3 is 2.57 bits per heavy atom. The first-order chi connectivity index (χ1) is 9.88. The number of Topliss-reactive ketones (excluding diaryl/α,β-unsaturated/α-hetero) is 1. The molecule has 1 aromatic carbocycles. The van der Waals surface area contributed by atoms with Gasteiger partial charge in [-0.2, -0.15) is 0 Å². The largest absolute Gasteiger partial charge is 0.378 e. The standard InChI is InChI=1S/C15H16N2O3S/c1-11(18)12-6-7-15(21(2,19)20)14(9-12)17-10-13-5-3-4-8-16-13/h3-9,17H,10H2,1-2H3. The predicted molar refractivity (Wildman–Crippen MR) is 81.1 cm³/mol. The lowest BCUT2D eigenvalue weighted by Crippen LogP contribution is -2.08. The van der Waals surface area contributed by atoms with E-state index < -0.39 is 9.84 Å². The molecular weight excluding hydrogens is 288 g/mol. The molecule has 2 aromatic rings. The summed E-state index contributed by atoms with van der Waals surface area (Å²) in [6, 6.07) is 10.0. The lowest BCUT2D eigenvalue weighted by Gasteiger charge is -2.12. The van der Waals surface area contributed by atoms with Crippen molar-refractivity contribution in [3.63, 3.8) is 0 Å². The monoisotopic (exact) mass is 304 g/mol. The number of aromatic nitrogens is 1. The van der Waals surface area contributed by atoms with Gasteiger partial charge in [0.2, 0.25) is 0 Å². The summed E-state index contributed by atoms with van der Waals surface area (Å²) < 4.78 is 23.6. The molecule has 0 amide bonds. The first kappa shape index (κ1) is 15.2. The molecule has 6 heteroatoms. The molecule has 0 saturated heterocycles. The van der Waals surface area contributed by atoms with Gasteiger partial charge in [-0.1, -0.05) is 6.07 Å². The number of anilines is 1. The highest BCUT2D eigenvalue weighted by Crippen LogP contribution is 2.23. The highest BCUT2D eigenvalue weighted by atomic mass is 32.2.